The number of nitrogens with one attached hydrogen (secondary N) is 1. The topological polar surface area (TPSA) is 40.9 Å². The maximum atomic E-state index is 12.3. The lowest BCUT2D eigenvalue weighted by molar-refractivity contribution is -0.342. The van der Waals surface area contributed by atoms with Gasteiger partial charge in [0.05, 0.1) is 0 Å². The Morgan fingerprint density at radius 1 is 1.07 bits per heavy atom. The fourth-order valence-electron chi connectivity index (χ4n) is 0.489. The van der Waals surface area contributed by atoms with E-state index in [9.17, 15) is 35.5 Å². The monoisotopic (exact) mass is 237 g/mol. The van der Waals surface area contributed by atoms with E-state index in [2.05, 4.69) is 0 Å². The highest BCUT2D eigenvalue weighted by Gasteiger charge is 2.75. The molecule has 0 unspecified atom stereocenters. The Labute approximate surface area is 77.9 Å². The summed E-state index contributed by atoms with van der Waals surface area (Å²) in [6, 6.07) is 0. The minimum Gasteiger partial charge on any atom is -0.287 e. The lowest BCUT2D eigenvalue weighted by atomic mass is 10.1. The van der Waals surface area contributed by atoms with Crippen molar-refractivity contribution in [3.63, 3.8) is 0 Å². The van der Waals surface area contributed by atoms with Gasteiger partial charge < -0.3 is 0 Å². The third-order valence-corrected chi connectivity index (χ3v) is 1.26. The van der Waals surface area contributed by atoms with Crippen molar-refractivity contribution in [2.75, 3.05) is 0 Å². The van der Waals surface area contributed by atoms with Gasteiger partial charge >= 0.3 is 18.0 Å². The summed E-state index contributed by atoms with van der Waals surface area (Å²) >= 11 is 0. The van der Waals surface area contributed by atoms with Crippen LogP contribution in [0.4, 0.5) is 30.7 Å². The van der Waals surface area contributed by atoms with Crippen LogP contribution in [0, 0.1) is 5.41 Å². The summed E-state index contributed by atoms with van der Waals surface area (Å²) in [5.41, 5.74) is 0. The van der Waals surface area contributed by atoms with Crippen LogP contribution in [-0.2, 0) is 4.79 Å². The Morgan fingerprint density at radius 2 is 1.47 bits per heavy atom. The first-order valence-corrected chi connectivity index (χ1v) is 3.10. The Hall–Kier alpha value is -1.37. The molecule has 0 saturated carbocycles. The Balaban J connectivity index is 5.37. The van der Waals surface area contributed by atoms with E-state index >= 15 is 0 Å². The first kappa shape index (κ1) is 13.6. The highest BCUT2D eigenvalue weighted by molar-refractivity contribution is 6.01. The van der Waals surface area contributed by atoms with Crippen LogP contribution in [0.1, 0.15) is 0 Å². The Kier molecular flexibility index (Phi) is 3.32. The standard InChI is InChI=1S/C6H2F7NO/c7-4(8,3(15)1-2-14)5(9,10)6(11,12)13/h1,14H. The van der Waals surface area contributed by atoms with Crippen molar-refractivity contribution in [2.24, 2.45) is 0 Å². The largest absolute Gasteiger partial charge is 0.460 e. The minimum atomic E-state index is -6.55. The second-order valence-corrected chi connectivity index (χ2v) is 2.30. The molecule has 0 aliphatic carbocycles. The van der Waals surface area contributed by atoms with E-state index < -0.39 is 29.9 Å². The number of carbonyl (C=O) groups excluding carboxylic acids is 1. The van der Waals surface area contributed by atoms with Crippen LogP contribution in [0.5, 0.6) is 0 Å². The average Bonchev–Trinajstić information content (AvgIpc) is 2.02. The fourth-order valence-corrected chi connectivity index (χ4v) is 0.489. The van der Waals surface area contributed by atoms with Crippen molar-refractivity contribution in [3.8, 4) is 0 Å². The molecule has 0 aromatic heterocycles. The SMILES string of the molecule is N=C=CC(=O)C(F)(F)C(F)(F)C(F)(F)F. The quantitative estimate of drug-likeness (QED) is 0.456. The average molecular weight is 237 g/mol. The highest BCUT2D eigenvalue weighted by atomic mass is 19.4. The number of ketones is 1. The molecule has 0 aliphatic heterocycles. The molecule has 0 fully saturated rings. The normalized spacial score (nSPS) is 13.3. The van der Waals surface area contributed by atoms with Gasteiger partial charge in [0.15, 0.2) is 0 Å². The number of halogens is 7. The maximum absolute atomic E-state index is 12.3. The second-order valence-electron chi connectivity index (χ2n) is 2.30. The zero-order chi connectivity index (χ0) is 12.5. The van der Waals surface area contributed by atoms with Crippen molar-refractivity contribution in [3.05, 3.63) is 6.08 Å². The molecule has 0 heterocycles. The molecule has 0 atom stereocenters. The van der Waals surface area contributed by atoms with E-state index in [4.69, 9.17) is 5.41 Å². The fraction of sp³-hybridized carbons (Fsp3) is 0.500. The van der Waals surface area contributed by atoms with Gasteiger partial charge in [-0.15, -0.1) is 0 Å². The van der Waals surface area contributed by atoms with Crippen LogP contribution < -0.4 is 0 Å². The summed E-state index contributed by atoms with van der Waals surface area (Å²) in [5, 5.41) is 5.99. The van der Waals surface area contributed by atoms with Gasteiger partial charge in [-0.3, -0.25) is 10.2 Å². The minimum absolute atomic E-state index is 0.500. The third kappa shape index (κ3) is 2.17. The number of alkyl halides is 7. The van der Waals surface area contributed by atoms with E-state index in [1.807, 2.05) is 0 Å². The van der Waals surface area contributed by atoms with Crippen molar-refractivity contribution in [1.29, 1.82) is 5.41 Å². The zero-order valence-electron chi connectivity index (χ0n) is 6.63. The summed E-state index contributed by atoms with van der Waals surface area (Å²) in [7, 11) is 0. The van der Waals surface area contributed by atoms with E-state index in [1.54, 1.807) is 0 Å². The van der Waals surface area contributed by atoms with Crippen molar-refractivity contribution < 1.29 is 35.5 Å². The van der Waals surface area contributed by atoms with Crippen molar-refractivity contribution >= 4 is 11.7 Å². The first-order chi connectivity index (χ1) is 6.48. The van der Waals surface area contributed by atoms with Gasteiger partial charge in [-0.25, -0.2) is 0 Å². The molecule has 0 amide bonds. The molecule has 0 rings (SSSR count). The van der Waals surface area contributed by atoms with E-state index in [0.29, 0.717) is 0 Å². The predicted octanol–water partition coefficient (Wildman–Crippen LogP) is 2.19. The summed E-state index contributed by atoms with van der Waals surface area (Å²) in [6.45, 7) is 0. The molecule has 1 N–H and O–H groups in total. The lowest BCUT2D eigenvalue weighted by Crippen LogP contribution is -2.55. The Morgan fingerprint density at radius 3 is 1.73 bits per heavy atom. The summed E-state index contributed by atoms with van der Waals surface area (Å²) in [5.74, 6) is -14.4. The number of carbonyl (C=O) groups is 1. The molecule has 0 radical (unpaired) electrons. The molecule has 86 valence electrons. The van der Waals surface area contributed by atoms with Crippen LogP contribution in [0.3, 0.4) is 0 Å². The third-order valence-electron chi connectivity index (χ3n) is 1.26. The van der Waals surface area contributed by atoms with Gasteiger partial charge in [0.1, 0.15) is 0 Å². The van der Waals surface area contributed by atoms with Crippen LogP contribution >= 0.6 is 0 Å². The predicted molar refractivity (Wildman–Crippen MR) is 33.3 cm³/mol. The summed E-state index contributed by atoms with van der Waals surface area (Å²) < 4.78 is 83.2. The van der Waals surface area contributed by atoms with Gasteiger partial charge in [0.25, 0.3) is 0 Å². The lowest BCUT2D eigenvalue weighted by Gasteiger charge is -2.25. The molecule has 2 nitrogen and oxygen atoms in total. The Bertz CT molecular complexity index is 312. The van der Waals surface area contributed by atoms with Gasteiger partial charge in [0.2, 0.25) is 5.78 Å². The number of hydrogen-bond donors (Lipinski definition) is 1. The second kappa shape index (κ2) is 3.65. The number of hydrogen-bond acceptors (Lipinski definition) is 2. The molecule has 0 spiro atoms. The highest BCUT2D eigenvalue weighted by Crippen LogP contribution is 2.46. The number of allylic oxidation sites excluding steroid dienone is 1. The van der Waals surface area contributed by atoms with Gasteiger partial charge in [-0.2, -0.15) is 30.7 Å². The van der Waals surface area contributed by atoms with Crippen molar-refractivity contribution in [1.82, 2.24) is 0 Å². The van der Waals surface area contributed by atoms with Crippen LogP contribution in [-0.4, -0.2) is 29.7 Å². The molecule has 0 saturated heterocycles. The van der Waals surface area contributed by atoms with E-state index in [0.717, 1.165) is 5.87 Å². The van der Waals surface area contributed by atoms with Crippen molar-refractivity contribution in [2.45, 2.75) is 18.0 Å². The molecule has 9 heteroatoms. The van der Waals surface area contributed by atoms with E-state index in [1.165, 1.54) is 0 Å². The smallest absolute Gasteiger partial charge is 0.287 e. The molecule has 0 aromatic carbocycles. The van der Waals surface area contributed by atoms with Crippen LogP contribution in [0.2, 0.25) is 0 Å². The molecular formula is C6H2F7NO. The molecule has 15 heavy (non-hydrogen) atoms. The van der Waals surface area contributed by atoms with Crippen LogP contribution in [0.25, 0.3) is 0 Å². The summed E-state index contributed by atoms with van der Waals surface area (Å²) in [6.07, 6.45) is -7.05. The van der Waals surface area contributed by atoms with Gasteiger partial charge in [-0.1, -0.05) is 0 Å². The molecule has 0 aromatic rings. The zero-order valence-corrected chi connectivity index (χ0v) is 6.63. The van der Waals surface area contributed by atoms with Gasteiger partial charge in [-0.05, 0) is 5.87 Å². The van der Waals surface area contributed by atoms with Crippen LogP contribution in [0.15, 0.2) is 6.08 Å². The molecular weight excluding hydrogens is 235 g/mol. The molecule has 0 bridgehead atoms. The summed E-state index contributed by atoms with van der Waals surface area (Å²) in [4.78, 5) is 10.2. The maximum Gasteiger partial charge on any atom is 0.460 e. The van der Waals surface area contributed by atoms with Gasteiger partial charge in [0, 0.05) is 6.08 Å². The number of rotatable bonds is 3. The first-order valence-electron chi connectivity index (χ1n) is 3.10. The van der Waals surface area contributed by atoms with E-state index in [-0.39, 0.29) is 0 Å². The molecule has 0 aliphatic rings.